The summed E-state index contributed by atoms with van der Waals surface area (Å²) >= 11 is 1.51. The highest BCUT2D eigenvalue weighted by Crippen LogP contribution is 2.46. The Morgan fingerprint density at radius 2 is 2.00 bits per heavy atom. The third-order valence-electron chi connectivity index (χ3n) is 6.68. The van der Waals surface area contributed by atoms with Crippen molar-refractivity contribution < 1.29 is 23.9 Å². The number of ketones is 1. The summed E-state index contributed by atoms with van der Waals surface area (Å²) in [6.07, 6.45) is 2.13. The van der Waals surface area contributed by atoms with Crippen LogP contribution in [0.4, 0.5) is 10.5 Å². The summed E-state index contributed by atoms with van der Waals surface area (Å²) in [6, 6.07) is 4.06. The minimum atomic E-state index is -1.54. The van der Waals surface area contributed by atoms with Gasteiger partial charge in [0.15, 0.2) is 11.2 Å². The number of aromatic nitrogens is 1. The number of carbonyl (C=O) groups excluding carboxylic acids is 4. The molecule has 0 unspecified atom stereocenters. The van der Waals surface area contributed by atoms with E-state index in [1.54, 1.807) is 18.3 Å². The number of carbonyl (C=O) groups is 4. The molecule has 0 saturated carbocycles. The van der Waals surface area contributed by atoms with Gasteiger partial charge in [-0.15, -0.1) is 11.3 Å². The molecule has 0 bridgehead atoms. The molecule has 10 heteroatoms. The quantitative estimate of drug-likeness (QED) is 0.519. The molecule has 3 aliphatic rings. The minimum Gasteiger partial charge on any atom is -0.372 e. The van der Waals surface area contributed by atoms with E-state index in [4.69, 9.17) is 4.74 Å². The van der Waals surface area contributed by atoms with Crippen LogP contribution >= 0.6 is 11.3 Å². The first-order chi connectivity index (χ1) is 15.8. The SMILES string of the molecule is C[C@@H]1CN2c3ccc(C(=O)CCc4nccs4)cc3CC3(C(=O)NC(=O)NC3=O)[C@H]2[C@H](C)O1. The highest BCUT2D eigenvalue weighted by Gasteiger charge is 2.62. The van der Waals surface area contributed by atoms with Gasteiger partial charge in [-0.25, -0.2) is 9.78 Å². The maximum absolute atomic E-state index is 13.2. The number of ether oxygens (including phenoxy) is 1. The second-order valence-electron chi connectivity index (χ2n) is 8.83. The van der Waals surface area contributed by atoms with Crippen molar-refractivity contribution in [1.82, 2.24) is 15.6 Å². The van der Waals surface area contributed by atoms with Gasteiger partial charge in [0, 0.05) is 42.2 Å². The number of fused-ring (bicyclic) bond motifs is 4. The van der Waals surface area contributed by atoms with E-state index >= 15 is 0 Å². The summed E-state index contributed by atoms with van der Waals surface area (Å²) in [7, 11) is 0. The fourth-order valence-electron chi connectivity index (χ4n) is 5.36. The maximum atomic E-state index is 13.2. The minimum absolute atomic E-state index is 0.0272. The van der Waals surface area contributed by atoms with Crippen LogP contribution in [0.5, 0.6) is 0 Å². The Kier molecular flexibility index (Phi) is 5.29. The van der Waals surface area contributed by atoms with Gasteiger partial charge in [0.05, 0.1) is 23.3 Å². The van der Waals surface area contributed by atoms with Gasteiger partial charge >= 0.3 is 6.03 Å². The summed E-state index contributed by atoms with van der Waals surface area (Å²) in [5, 5.41) is 7.33. The molecular weight excluding hydrogens is 444 g/mol. The van der Waals surface area contributed by atoms with E-state index in [-0.39, 0.29) is 18.3 Å². The molecule has 33 heavy (non-hydrogen) atoms. The van der Waals surface area contributed by atoms with Crippen molar-refractivity contribution in [1.29, 1.82) is 0 Å². The predicted molar refractivity (Wildman–Crippen MR) is 120 cm³/mol. The van der Waals surface area contributed by atoms with Gasteiger partial charge < -0.3 is 9.64 Å². The van der Waals surface area contributed by atoms with E-state index in [2.05, 4.69) is 15.6 Å². The Bertz CT molecular complexity index is 1130. The first kappa shape index (κ1) is 21.7. The van der Waals surface area contributed by atoms with E-state index in [1.165, 1.54) is 11.3 Å². The molecule has 0 radical (unpaired) electrons. The zero-order valence-electron chi connectivity index (χ0n) is 18.3. The van der Waals surface area contributed by atoms with Crippen LogP contribution in [0.15, 0.2) is 29.8 Å². The first-order valence-corrected chi connectivity index (χ1v) is 11.8. The summed E-state index contributed by atoms with van der Waals surface area (Å²) in [4.78, 5) is 57.3. The smallest absolute Gasteiger partial charge is 0.328 e. The molecular formula is C23H24N4O5S. The Morgan fingerprint density at radius 3 is 2.70 bits per heavy atom. The van der Waals surface area contributed by atoms with Crippen molar-refractivity contribution >= 4 is 40.7 Å². The highest BCUT2D eigenvalue weighted by atomic mass is 32.1. The van der Waals surface area contributed by atoms with Crippen molar-refractivity contribution in [2.24, 2.45) is 5.41 Å². The normalized spacial score (nSPS) is 25.8. The van der Waals surface area contributed by atoms with Crippen molar-refractivity contribution in [3.63, 3.8) is 0 Å². The number of morpholine rings is 1. The number of thiazole rings is 1. The number of hydrogen-bond donors (Lipinski definition) is 2. The molecule has 0 aliphatic carbocycles. The Hall–Kier alpha value is -3.11. The van der Waals surface area contributed by atoms with E-state index in [0.717, 1.165) is 16.3 Å². The summed E-state index contributed by atoms with van der Waals surface area (Å²) in [5.74, 6) is -1.30. The van der Waals surface area contributed by atoms with Crippen LogP contribution in [0.1, 0.15) is 41.2 Å². The number of anilines is 1. The third-order valence-corrected chi connectivity index (χ3v) is 7.52. The Morgan fingerprint density at radius 1 is 1.24 bits per heavy atom. The zero-order valence-corrected chi connectivity index (χ0v) is 19.1. The lowest BCUT2D eigenvalue weighted by Gasteiger charge is -2.55. The van der Waals surface area contributed by atoms with Crippen LogP contribution in [0.3, 0.4) is 0 Å². The van der Waals surface area contributed by atoms with Gasteiger partial charge in [-0.2, -0.15) is 0 Å². The number of Topliss-reactive ketones (excluding diaryl/α,β-unsaturated/α-hetero) is 1. The molecule has 2 saturated heterocycles. The van der Waals surface area contributed by atoms with Crippen LogP contribution < -0.4 is 15.5 Å². The summed E-state index contributed by atoms with van der Waals surface area (Å²) in [6.45, 7) is 4.26. The van der Waals surface area contributed by atoms with Gasteiger partial charge in [-0.05, 0) is 44.0 Å². The molecule has 2 aromatic rings. The summed E-state index contributed by atoms with van der Waals surface area (Å²) < 4.78 is 6.01. The predicted octanol–water partition coefficient (Wildman–Crippen LogP) is 1.85. The number of rotatable bonds is 4. The number of amides is 4. The van der Waals surface area contributed by atoms with Crippen LogP contribution in [0.2, 0.25) is 0 Å². The van der Waals surface area contributed by atoms with Gasteiger partial charge in [-0.1, -0.05) is 0 Å². The lowest BCUT2D eigenvalue weighted by atomic mass is 9.66. The summed E-state index contributed by atoms with van der Waals surface area (Å²) in [5.41, 5.74) is 0.595. The van der Waals surface area contributed by atoms with Crippen molar-refractivity contribution in [3.05, 3.63) is 45.9 Å². The Labute approximate surface area is 194 Å². The highest BCUT2D eigenvalue weighted by molar-refractivity contribution is 7.09. The molecule has 1 aromatic carbocycles. The zero-order chi connectivity index (χ0) is 23.3. The molecule has 2 fully saturated rings. The standard InChI is InChI=1S/C23H24N4O5S/c1-12-11-27-16-4-3-14(17(28)5-6-18-24-7-8-33-18)9-15(16)10-23(19(27)13(2)32-12)20(29)25-22(31)26-21(23)30/h3-4,7-9,12-13,19H,5-6,10-11H2,1-2H3,(H2,25,26,29,30,31)/t12-,13+,19-/m1/s1. The molecule has 9 nitrogen and oxygen atoms in total. The van der Waals surface area contributed by atoms with Gasteiger partial charge in [0.25, 0.3) is 0 Å². The fourth-order valence-corrected chi connectivity index (χ4v) is 5.98. The van der Waals surface area contributed by atoms with E-state index < -0.39 is 35.4 Å². The molecule has 1 aromatic heterocycles. The topological polar surface area (TPSA) is 118 Å². The van der Waals surface area contributed by atoms with Crippen molar-refractivity contribution in [2.45, 2.75) is 51.4 Å². The van der Waals surface area contributed by atoms with Crippen LogP contribution in [0.25, 0.3) is 0 Å². The monoisotopic (exact) mass is 468 g/mol. The number of nitrogens with one attached hydrogen (secondary N) is 2. The molecule has 1 spiro atoms. The molecule has 3 aliphatic heterocycles. The molecule has 5 rings (SSSR count). The average Bonchev–Trinajstić information content (AvgIpc) is 3.28. The van der Waals surface area contributed by atoms with Gasteiger partial charge in [-0.3, -0.25) is 25.0 Å². The molecule has 3 atom stereocenters. The number of barbiturate groups is 1. The largest absolute Gasteiger partial charge is 0.372 e. The van der Waals surface area contributed by atoms with E-state index in [0.29, 0.717) is 24.9 Å². The molecule has 4 heterocycles. The van der Waals surface area contributed by atoms with Crippen LogP contribution in [-0.2, 0) is 27.2 Å². The third kappa shape index (κ3) is 3.53. The lowest BCUT2D eigenvalue weighted by Crippen LogP contribution is -2.75. The number of imide groups is 2. The number of urea groups is 1. The van der Waals surface area contributed by atoms with Crippen molar-refractivity contribution in [3.8, 4) is 0 Å². The lowest BCUT2D eigenvalue weighted by molar-refractivity contribution is -0.153. The second-order valence-corrected chi connectivity index (χ2v) is 9.81. The molecule has 4 amide bonds. The Balaban J connectivity index is 1.53. The van der Waals surface area contributed by atoms with E-state index in [1.807, 2.05) is 30.2 Å². The number of aryl methyl sites for hydroxylation is 1. The van der Waals surface area contributed by atoms with Crippen molar-refractivity contribution in [2.75, 3.05) is 11.4 Å². The first-order valence-electron chi connectivity index (χ1n) is 10.9. The van der Waals surface area contributed by atoms with Gasteiger partial charge in [0.2, 0.25) is 11.8 Å². The maximum Gasteiger partial charge on any atom is 0.328 e. The van der Waals surface area contributed by atoms with Gasteiger partial charge in [0.1, 0.15) is 0 Å². The van der Waals surface area contributed by atoms with Crippen LogP contribution in [-0.4, -0.2) is 53.4 Å². The molecule has 172 valence electrons. The number of nitrogens with zero attached hydrogens (tertiary/aromatic N) is 2. The fraction of sp³-hybridized carbons (Fsp3) is 0.435. The van der Waals surface area contributed by atoms with E-state index in [9.17, 15) is 19.2 Å². The number of hydrogen-bond acceptors (Lipinski definition) is 8. The molecule has 2 N–H and O–H groups in total. The second kappa shape index (κ2) is 8.03. The van der Waals surface area contributed by atoms with Crippen LogP contribution in [0, 0.1) is 5.41 Å². The number of benzene rings is 1. The average molecular weight is 469 g/mol.